The molecule has 0 saturated carbocycles. The molecule has 0 amide bonds. The number of benzene rings is 4. The van der Waals surface area contributed by atoms with Crippen molar-refractivity contribution in [2.75, 3.05) is 0 Å². The van der Waals surface area contributed by atoms with Gasteiger partial charge in [0.2, 0.25) is 0 Å². The van der Waals surface area contributed by atoms with E-state index in [-0.39, 0.29) is 5.92 Å². The lowest BCUT2D eigenvalue weighted by atomic mass is 9.87. The molecule has 0 aromatic heterocycles. The van der Waals surface area contributed by atoms with Crippen molar-refractivity contribution < 1.29 is 0 Å². The Hall–Kier alpha value is -2.77. The number of fused-ring (bicyclic) bond motifs is 5. The second-order valence-electron chi connectivity index (χ2n) is 6.50. The van der Waals surface area contributed by atoms with Gasteiger partial charge in [-0.25, -0.2) is 0 Å². The van der Waals surface area contributed by atoms with Gasteiger partial charge in [0.15, 0.2) is 0 Å². The van der Waals surface area contributed by atoms with E-state index in [1.54, 1.807) is 0 Å². The van der Waals surface area contributed by atoms with Crippen LogP contribution >= 0.6 is 12.2 Å². The summed E-state index contributed by atoms with van der Waals surface area (Å²) in [5.74, 6) is 0.134. The van der Waals surface area contributed by atoms with E-state index in [2.05, 4.69) is 84.9 Å². The van der Waals surface area contributed by atoms with Gasteiger partial charge in [-0.15, -0.1) is 0 Å². The van der Waals surface area contributed by atoms with Gasteiger partial charge in [-0.3, -0.25) is 0 Å². The first kappa shape index (κ1) is 14.6. The highest BCUT2D eigenvalue weighted by Gasteiger charge is 2.33. The van der Waals surface area contributed by atoms with E-state index < -0.39 is 0 Å². The van der Waals surface area contributed by atoms with Gasteiger partial charge in [-0.1, -0.05) is 103 Å². The minimum absolute atomic E-state index is 0.134. The minimum atomic E-state index is 0.134. The Kier molecular flexibility index (Phi) is 3.29. The van der Waals surface area contributed by atoms with Crippen molar-refractivity contribution in [2.45, 2.75) is 5.92 Å². The van der Waals surface area contributed by atoms with Gasteiger partial charge in [0.05, 0.1) is 0 Å². The largest absolute Gasteiger partial charge is 0.0832 e. The van der Waals surface area contributed by atoms with Crippen LogP contribution in [0.2, 0.25) is 0 Å². The quantitative estimate of drug-likeness (QED) is 0.303. The zero-order valence-corrected chi connectivity index (χ0v) is 14.5. The van der Waals surface area contributed by atoms with Gasteiger partial charge in [0.25, 0.3) is 0 Å². The Labute approximate surface area is 152 Å². The van der Waals surface area contributed by atoms with E-state index >= 15 is 0 Å². The molecule has 4 aromatic carbocycles. The second kappa shape index (κ2) is 5.65. The van der Waals surface area contributed by atoms with Crippen LogP contribution < -0.4 is 0 Å². The molecule has 1 aliphatic rings. The second-order valence-corrected chi connectivity index (χ2v) is 6.94. The molecule has 0 unspecified atom stereocenters. The summed E-state index contributed by atoms with van der Waals surface area (Å²) in [6, 6.07) is 32.2. The van der Waals surface area contributed by atoms with Crippen molar-refractivity contribution in [3.63, 3.8) is 0 Å². The predicted octanol–water partition coefficient (Wildman–Crippen LogP) is 6.37. The molecular weight excluding hydrogens is 320 g/mol. The molecule has 25 heavy (non-hydrogen) atoms. The summed E-state index contributed by atoms with van der Waals surface area (Å²) in [5.41, 5.74) is 6.44. The lowest BCUT2D eigenvalue weighted by molar-refractivity contribution is 1.17. The van der Waals surface area contributed by atoms with Crippen LogP contribution in [0.25, 0.3) is 21.9 Å². The molecule has 118 valence electrons. The average Bonchev–Trinajstić information content (AvgIpc) is 3.03. The maximum Gasteiger partial charge on any atom is 0.0466 e. The van der Waals surface area contributed by atoms with E-state index in [1.807, 2.05) is 6.07 Å². The first-order valence-corrected chi connectivity index (χ1v) is 8.95. The summed E-state index contributed by atoms with van der Waals surface area (Å²) in [6.45, 7) is 0. The zero-order chi connectivity index (χ0) is 16.8. The van der Waals surface area contributed by atoms with Crippen LogP contribution in [0.5, 0.6) is 0 Å². The SMILES string of the molecule is S=C(c1ccccc1)[C@H]1c2ccccc2-c2ccc3ccccc3c21. The Bertz CT molecular complexity index is 1110. The van der Waals surface area contributed by atoms with Crippen molar-refractivity contribution in [3.05, 3.63) is 108 Å². The molecule has 5 rings (SSSR count). The molecule has 0 radical (unpaired) electrons. The van der Waals surface area contributed by atoms with Crippen LogP contribution in [0.3, 0.4) is 0 Å². The molecule has 4 aromatic rings. The average molecular weight is 336 g/mol. The van der Waals surface area contributed by atoms with Gasteiger partial charge in [0, 0.05) is 10.8 Å². The summed E-state index contributed by atoms with van der Waals surface area (Å²) >= 11 is 6.00. The monoisotopic (exact) mass is 336 g/mol. The summed E-state index contributed by atoms with van der Waals surface area (Å²) < 4.78 is 0. The van der Waals surface area contributed by atoms with E-state index in [1.165, 1.54) is 33.0 Å². The molecule has 0 spiro atoms. The summed E-state index contributed by atoms with van der Waals surface area (Å²) in [4.78, 5) is 1.00. The number of hydrogen-bond donors (Lipinski definition) is 0. The Morgan fingerprint density at radius 2 is 1.36 bits per heavy atom. The molecular formula is C24H16S. The zero-order valence-electron chi connectivity index (χ0n) is 13.6. The molecule has 0 bridgehead atoms. The molecule has 1 atom stereocenters. The van der Waals surface area contributed by atoms with Crippen molar-refractivity contribution in [3.8, 4) is 11.1 Å². The first-order valence-electron chi connectivity index (χ1n) is 8.55. The fourth-order valence-corrected chi connectivity index (χ4v) is 4.41. The third kappa shape index (κ3) is 2.16. The minimum Gasteiger partial charge on any atom is -0.0832 e. The van der Waals surface area contributed by atoms with Crippen LogP contribution in [0.1, 0.15) is 22.6 Å². The van der Waals surface area contributed by atoms with Gasteiger partial charge < -0.3 is 0 Å². The maximum absolute atomic E-state index is 6.00. The lowest BCUT2D eigenvalue weighted by Gasteiger charge is -2.17. The topological polar surface area (TPSA) is 0 Å². The van der Waals surface area contributed by atoms with Crippen molar-refractivity contribution in [1.82, 2.24) is 0 Å². The fraction of sp³-hybridized carbons (Fsp3) is 0.0417. The van der Waals surface area contributed by atoms with E-state index in [9.17, 15) is 0 Å². The normalized spacial score (nSPS) is 15.0. The Balaban J connectivity index is 1.82. The van der Waals surface area contributed by atoms with Gasteiger partial charge in [0.1, 0.15) is 0 Å². The van der Waals surface area contributed by atoms with E-state index in [0.717, 1.165) is 10.4 Å². The van der Waals surface area contributed by atoms with Crippen LogP contribution in [0, 0.1) is 0 Å². The fourth-order valence-electron chi connectivity index (χ4n) is 4.03. The van der Waals surface area contributed by atoms with Gasteiger partial charge in [-0.05, 0) is 38.6 Å². The first-order chi connectivity index (χ1) is 12.3. The molecule has 0 nitrogen and oxygen atoms in total. The third-order valence-corrected chi connectivity index (χ3v) is 5.61. The molecule has 1 aliphatic carbocycles. The van der Waals surface area contributed by atoms with Gasteiger partial charge in [-0.2, -0.15) is 0 Å². The van der Waals surface area contributed by atoms with Crippen LogP contribution in [0.15, 0.2) is 91.0 Å². The maximum atomic E-state index is 6.00. The van der Waals surface area contributed by atoms with E-state index in [0.29, 0.717) is 0 Å². The molecule has 0 aliphatic heterocycles. The van der Waals surface area contributed by atoms with E-state index in [4.69, 9.17) is 12.2 Å². The predicted molar refractivity (Wildman–Crippen MR) is 109 cm³/mol. The molecule has 0 saturated heterocycles. The van der Waals surface area contributed by atoms with Crippen molar-refractivity contribution in [2.24, 2.45) is 0 Å². The van der Waals surface area contributed by atoms with Crippen molar-refractivity contribution >= 4 is 27.9 Å². The Morgan fingerprint density at radius 3 is 2.24 bits per heavy atom. The number of thiocarbonyl (C=S) groups is 1. The van der Waals surface area contributed by atoms with Gasteiger partial charge >= 0.3 is 0 Å². The number of rotatable bonds is 2. The molecule has 0 N–H and O–H groups in total. The smallest absolute Gasteiger partial charge is 0.0466 e. The number of hydrogen-bond acceptors (Lipinski definition) is 1. The third-order valence-electron chi connectivity index (χ3n) is 5.14. The summed E-state index contributed by atoms with van der Waals surface area (Å²) in [7, 11) is 0. The highest BCUT2D eigenvalue weighted by Crippen LogP contribution is 2.49. The highest BCUT2D eigenvalue weighted by molar-refractivity contribution is 7.81. The molecule has 0 heterocycles. The van der Waals surface area contributed by atoms with Crippen molar-refractivity contribution in [1.29, 1.82) is 0 Å². The standard InChI is InChI=1S/C24H16S/c25-24(17-9-2-1-3-10-17)23-20-13-7-6-12-19(20)21-15-14-16-8-4-5-11-18(16)22(21)23/h1-15,23H/t23-/m0/s1. The van der Waals surface area contributed by atoms with Crippen LogP contribution in [-0.4, -0.2) is 4.86 Å². The van der Waals surface area contributed by atoms with Crippen LogP contribution in [-0.2, 0) is 0 Å². The summed E-state index contributed by atoms with van der Waals surface area (Å²) in [6.07, 6.45) is 0. The molecule has 1 heteroatoms. The highest BCUT2D eigenvalue weighted by atomic mass is 32.1. The lowest BCUT2D eigenvalue weighted by Crippen LogP contribution is -2.11. The molecule has 0 fully saturated rings. The Morgan fingerprint density at radius 1 is 0.640 bits per heavy atom. The van der Waals surface area contributed by atoms with Crippen LogP contribution in [0.4, 0.5) is 0 Å². The summed E-state index contributed by atoms with van der Waals surface area (Å²) in [5, 5.41) is 2.58.